The van der Waals surface area contributed by atoms with Crippen LogP contribution in [-0.4, -0.2) is 4.57 Å². The number of fused-ring (bicyclic) bond motifs is 15. The number of anilines is 2. The lowest BCUT2D eigenvalue weighted by Gasteiger charge is -2.32. The minimum absolute atomic E-state index is 0.459. The summed E-state index contributed by atoms with van der Waals surface area (Å²) in [5, 5.41) is 2.44. The van der Waals surface area contributed by atoms with Crippen molar-refractivity contribution in [2.24, 2.45) is 0 Å². The van der Waals surface area contributed by atoms with Crippen LogP contribution in [0.25, 0.3) is 49.7 Å². The van der Waals surface area contributed by atoms with Crippen molar-refractivity contribution in [3.05, 3.63) is 222 Å². The Morgan fingerprint density at radius 3 is 1.80 bits per heavy atom. The van der Waals surface area contributed by atoms with Crippen molar-refractivity contribution in [2.75, 3.05) is 4.90 Å². The Labute approximate surface area is 342 Å². The van der Waals surface area contributed by atoms with Crippen molar-refractivity contribution < 1.29 is 9.47 Å². The Kier molecular flexibility index (Phi) is 6.74. The highest BCUT2D eigenvalue weighted by molar-refractivity contribution is 6.10. The first kappa shape index (κ1) is 32.5. The van der Waals surface area contributed by atoms with E-state index in [2.05, 4.69) is 204 Å². The van der Waals surface area contributed by atoms with Gasteiger partial charge in [0.05, 0.1) is 16.4 Å². The van der Waals surface area contributed by atoms with Gasteiger partial charge in [-0.25, -0.2) is 0 Å². The van der Waals surface area contributed by atoms with Gasteiger partial charge in [-0.2, -0.15) is 0 Å². The Morgan fingerprint density at radius 1 is 0.458 bits per heavy atom. The molecular weight excluding hydrogens is 721 g/mol. The Hall–Kier alpha value is -7.56. The number of aromatic nitrogens is 1. The van der Waals surface area contributed by atoms with Crippen LogP contribution in [0.2, 0.25) is 0 Å². The summed E-state index contributed by atoms with van der Waals surface area (Å²) in [6.45, 7) is 0. The zero-order valence-electron chi connectivity index (χ0n) is 32.1. The number of hydrogen-bond acceptors (Lipinski definition) is 3. The molecule has 278 valence electrons. The van der Waals surface area contributed by atoms with Crippen molar-refractivity contribution in [2.45, 2.75) is 18.3 Å². The highest BCUT2D eigenvalue weighted by Crippen LogP contribution is 2.64. The largest absolute Gasteiger partial charge is 0.449 e. The minimum atomic E-state index is -0.459. The number of hydrogen-bond donors (Lipinski definition) is 0. The predicted octanol–water partition coefficient (Wildman–Crippen LogP) is 14.4. The maximum Gasteiger partial charge on any atom is 0.172 e. The molecule has 4 heteroatoms. The summed E-state index contributed by atoms with van der Waals surface area (Å²) in [7, 11) is 0. The van der Waals surface area contributed by atoms with Crippen molar-refractivity contribution in [3.63, 3.8) is 0 Å². The van der Waals surface area contributed by atoms with Gasteiger partial charge in [-0.05, 0) is 124 Å². The van der Waals surface area contributed by atoms with Gasteiger partial charge in [0.25, 0.3) is 0 Å². The van der Waals surface area contributed by atoms with Crippen LogP contribution < -0.4 is 14.4 Å². The first-order valence-corrected chi connectivity index (χ1v) is 20.5. The van der Waals surface area contributed by atoms with E-state index in [-0.39, 0.29) is 0 Å². The van der Waals surface area contributed by atoms with Crippen LogP contribution in [0, 0.1) is 0 Å². The molecule has 1 spiro atoms. The molecule has 0 bridgehead atoms. The Morgan fingerprint density at radius 2 is 1.05 bits per heavy atom. The maximum absolute atomic E-state index is 6.99. The fourth-order valence-corrected chi connectivity index (χ4v) is 10.5. The van der Waals surface area contributed by atoms with Crippen LogP contribution in [0.3, 0.4) is 0 Å². The summed E-state index contributed by atoms with van der Waals surface area (Å²) in [5.74, 6) is 2.86. The first-order chi connectivity index (χ1) is 29.3. The van der Waals surface area contributed by atoms with E-state index in [1.54, 1.807) is 0 Å². The molecule has 4 nitrogen and oxygen atoms in total. The van der Waals surface area contributed by atoms with Crippen LogP contribution in [-0.2, 0) is 5.41 Å². The third-order valence-electron chi connectivity index (χ3n) is 12.9. The van der Waals surface area contributed by atoms with Crippen LogP contribution in [0.1, 0.15) is 35.1 Å². The Bertz CT molecular complexity index is 3250. The van der Waals surface area contributed by atoms with Crippen molar-refractivity contribution >= 4 is 33.2 Å². The van der Waals surface area contributed by atoms with Crippen LogP contribution >= 0.6 is 0 Å². The fraction of sp³-hybridized carbons (Fsp3) is 0.0545. The van der Waals surface area contributed by atoms with Gasteiger partial charge in [0.15, 0.2) is 23.0 Å². The number of allylic oxidation sites excluding steroid dienone is 4. The molecule has 2 heterocycles. The number of benzene rings is 8. The summed E-state index contributed by atoms with van der Waals surface area (Å²) in [5.41, 5.74) is 16.5. The van der Waals surface area contributed by atoms with E-state index in [0.29, 0.717) is 11.5 Å². The lowest BCUT2D eigenvalue weighted by atomic mass is 9.70. The number of ether oxygens (including phenoxy) is 2. The molecule has 0 fully saturated rings. The van der Waals surface area contributed by atoms with Gasteiger partial charge >= 0.3 is 0 Å². The first-order valence-electron chi connectivity index (χ1n) is 20.5. The van der Waals surface area contributed by atoms with Crippen molar-refractivity contribution in [1.29, 1.82) is 0 Å². The van der Waals surface area contributed by atoms with E-state index in [4.69, 9.17) is 9.47 Å². The molecule has 0 atom stereocenters. The van der Waals surface area contributed by atoms with Crippen LogP contribution in [0.15, 0.2) is 200 Å². The summed E-state index contributed by atoms with van der Waals surface area (Å²) >= 11 is 0. The van der Waals surface area contributed by atoms with Gasteiger partial charge in [-0.15, -0.1) is 0 Å². The molecule has 1 aliphatic heterocycles. The standard InChI is InChI=1S/C55H36N2O2/c1-3-15-35(16-4-1)56(37-27-29-50-44(31-37)42-22-10-14-26-49(42)57(50)36-17-5-2-6-18-36)38-28-30-51-52(32-38)59-54-34-48-43(33-53(54)58-51)41-21-9-13-25-47(41)55(48)45-23-11-7-19-39(45)40-20-8-12-24-46(40)55/h1-3,5-15,17-34H,4,16H2. The van der Waals surface area contributed by atoms with E-state index < -0.39 is 5.41 Å². The van der Waals surface area contributed by atoms with Gasteiger partial charge in [-0.3, -0.25) is 0 Å². The Balaban J connectivity index is 0.951. The average molecular weight is 757 g/mol. The second-order valence-corrected chi connectivity index (χ2v) is 15.9. The number of nitrogens with zero attached hydrogens (tertiary/aromatic N) is 2. The summed E-state index contributed by atoms with van der Waals surface area (Å²) in [6.07, 6.45) is 8.56. The minimum Gasteiger partial charge on any atom is -0.449 e. The molecule has 0 radical (unpaired) electrons. The number of para-hydroxylation sites is 2. The molecule has 4 aliphatic rings. The molecule has 0 saturated carbocycles. The number of rotatable bonds is 4. The molecule has 0 N–H and O–H groups in total. The molecule has 1 aromatic heterocycles. The molecule has 59 heavy (non-hydrogen) atoms. The highest BCUT2D eigenvalue weighted by Gasteiger charge is 2.52. The smallest absolute Gasteiger partial charge is 0.172 e. The van der Waals surface area contributed by atoms with Gasteiger partial charge in [-0.1, -0.05) is 121 Å². The van der Waals surface area contributed by atoms with Gasteiger partial charge in [0.1, 0.15) is 0 Å². The quantitative estimate of drug-likeness (QED) is 0.179. The van der Waals surface area contributed by atoms with E-state index >= 15 is 0 Å². The van der Waals surface area contributed by atoms with Crippen LogP contribution in [0.4, 0.5) is 11.4 Å². The molecule has 13 rings (SSSR count). The molecular formula is C55H36N2O2. The van der Waals surface area contributed by atoms with Crippen molar-refractivity contribution in [1.82, 2.24) is 4.57 Å². The van der Waals surface area contributed by atoms with E-state index in [0.717, 1.165) is 41.4 Å². The average Bonchev–Trinajstić information content (AvgIpc) is 3.90. The summed E-state index contributed by atoms with van der Waals surface area (Å²) in [6, 6.07) is 63.7. The fourth-order valence-electron chi connectivity index (χ4n) is 10.5. The lowest BCUT2D eigenvalue weighted by Crippen LogP contribution is -2.25. The van der Waals surface area contributed by atoms with Gasteiger partial charge in [0, 0.05) is 39.6 Å². The zero-order valence-corrected chi connectivity index (χ0v) is 32.1. The van der Waals surface area contributed by atoms with E-state index in [1.807, 2.05) is 0 Å². The van der Waals surface area contributed by atoms with E-state index in [9.17, 15) is 0 Å². The maximum atomic E-state index is 6.99. The molecule has 0 saturated heterocycles. The van der Waals surface area contributed by atoms with E-state index in [1.165, 1.54) is 72.0 Å². The highest BCUT2D eigenvalue weighted by atomic mass is 16.6. The lowest BCUT2D eigenvalue weighted by molar-refractivity contribution is 0.359. The van der Waals surface area contributed by atoms with Crippen molar-refractivity contribution in [3.8, 4) is 50.9 Å². The second kappa shape index (κ2) is 12.2. The summed E-state index contributed by atoms with van der Waals surface area (Å²) in [4.78, 5) is 2.39. The molecule has 8 aromatic carbocycles. The topological polar surface area (TPSA) is 26.6 Å². The summed E-state index contributed by atoms with van der Waals surface area (Å²) < 4.78 is 16.1. The molecule has 3 aliphatic carbocycles. The van der Waals surface area contributed by atoms with Crippen LogP contribution in [0.5, 0.6) is 23.0 Å². The SMILES string of the molecule is C1=CCCC(N(c2ccc3c(c2)Oc2cc4c(cc2O3)-c2ccccc2C42c3ccccc3-c3ccccc32)c2ccc3c(c2)c2ccccc2n3-c2ccccc2)=C1. The molecule has 0 unspecified atom stereocenters. The second-order valence-electron chi connectivity index (χ2n) is 15.9. The molecule has 9 aromatic rings. The zero-order chi connectivity index (χ0) is 38.7. The third kappa shape index (κ3) is 4.49. The van der Waals surface area contributed by atoms with Gasteiger partial charge in [0.2, 0.25) is 0 Å². The monoisotopic (exact) mass is 756 g/mol. The third-order valence-corrected chi connectivity index (χ3v) is 12.9. The molecule has 0 amide bonds. The van der Waals surface area contributed by atoms with Gasteiger partial charge < -0.3 is 18.9 Å². The predicted molar refractivity (Wildman–Crippen MR) is 239 cm³/mol. The normalized spacial score (nSPS) is 14.7.